The van der Waals surface area contributed by atoms with Crippen molar-refractivity contribution in [1.82, 2.24) is 0 Å². The third-order valence-electron chi connectivity index (χ3n) is 5.02. The van der Waals surface area contributed by atoms with E-state index in [9.17, 15) is 10.1 Å². The number of carbonyl (C=O) groups excluding carboxylic acids is 1. The minimum atomic E-state index is 0.120. The van der Waals surface area contributed by atoms with Crippen LogP contribution < -0.4 is 5.32 Å². The van der Waals surface area contributed by atoms with Crippen molar-refractivity contribution < 1.29 is 4.79 Å². The van der Waals surface area contributed by atoms with Gasteiger partial charge in [0.2, 0.25) is 5.91 Å². The van der Waals surface area contributed by atoms with Crippen molar-refractivity contribution >= 4 is 22.2 Å². The molecule has 0 radical (unpaired) electrons. The number of carbonyl (C=O) groups is 1. The molecular formula is C17H22N2OS. The molecule has 1 aromatic heterocycles. The van der Waals surface area contributed by atoms with Crippen LogP contribution in [0.5, 0.6) is 0 Å². The average Bonchev–Trinajstić information content (AvgIpc) is 3.13. The van der Waals surface area contributed by atoms with Gasteiger partial charge in [0.05, 0.1) is 5.56 Å². The van der Waals surface area contributed by atoms with Crippen LogP contribution in [0.25, 0.3) is 0 Å². The summed E-state index contributed by atoms with van der Waals surface area (Å²) in [5.74, 6) is 1.01. The first-order valence-electron chi connectivity index (χ1n) is 8.08. The highest BCUT2D eigenvalue weighted by Crippen LogP contribution is 2.40. The van der Waals surface area contributed by atoms with Gasteiger partial charge in [0.1, 0.15) is 11.1 Å². The first-order valence-corrected chi connectivity index (χ1v) is 8.90. The van der Waals surface area contributed by atoms with E-state index in [-0.39, 0.29) is 11.8 Å². The molecule has 112 valence electrons. The van der Waals surface area contributed by atoms with Crippen LogP contribution in [0.3, 0.4) is 0 Å². The number of thiophene rings is 1. The Hall–Kier alpha value is -1.34. The summed E-state index contributed by atoms with van der Waals surface area (Å²) in [7, 11) is 0. The fourth-order valence-corrected chi connectivity index (χ4v) is 4.93. The number of amides is 1. The summed E-state index contributed by atoms with van der Waals surface area (Å²) in [4.78, 5) is 13.6. The molecule has 0 unspecified atom stereocenters. The zero-order chi connectivity index (χ0) is 14.8. The molecule has 1 N–H and O–H groups in total. The monoisotopic (exact) mass is 302 g/mol. The zero-order valence-electron chi connectivity index (χ0n) is 12.6. The van der Waals surface area contributed by atoms with Gasteiger partial charge in [-0.25, -0.2) is 0 Å². The van der Waals surface area contributed by atoms with Crippen molar-refractivity contribution in [3.63, 3.8) is 0 Å². The van der Waals surface area contributed by atoms with Gasteiger partial charge in [-0.3, -0.25) is 4.79 Å². The smallest absolute Gasteiger partial charge is 0.228 e. The summed E-state index contributed by atoms with van der Waals surface area (Å²) < 4.78 is 0. The lowest BCUT2D eigenvalue weighted by atomic mass is 9.86. The van der Waals surface area contributed by atoms with Crippen molar-refractivity contribution in [2.45, 2.75) is 58.3 Å². The Labute approximate surface area is 130 Å². The van der Waals surface area contributed by atoms with Crippen LogP contribution in [-0.2, 0) is 17.6 Å². The van der Waals surface area contributed by atoms with Gasteiger partial charge in [0.25, 0.3) is 0 Å². The fraction of sp³-hybridized carbons (Fsp3) is 0.647. The molecule has 0 aliphatic heterocycles. The maximum Gasteiger partial charge on any atom is 0.228 e. The largest absolute Gasteiger partial charge is 0.316 e. The number of nitriles is 1. The summed E-state index contributed by atoms with van der Waals surface area (Å²) in [6, 6.07) is 2.33. The molecule has 3 nitrogen and oxygen atoms in total. The molecule has 1 fully saturated rings. The number of hydrogen-bond acceptors (Lipinski definition) is 3. The summed E-state index contributed by atoms with van der Waals surface area (Å²) in [5.41, 5.74) is 1.94. The van der Waals surface area contributed by atoms with E-state index < -0.39 is 0 Å². The van der Waals surface area contributed by atoms with Crippen LogP contribution in [0.1, 0.15) is 61.5 Å². The van der Waals surface area contributed by atoms with Gasteiger partial charge >= 0.3 is 0 Å². The highest BCUT2D eigenvalue weighted by atomic mass is 32.1. The highest BCUT2D eigenvalue weighted by molar-refractivity contribution is 7.16. The molecular weight excluding hydrogens is 280 g/mol. The summed E-state index contributed by atoms with van der Waals surface area (Å²) in [5, 5.41) is 13.3. The Morgan fingerprint density at radius 2 is 2.14 bits per heavy atom. The Kier molecular flexibility index (Phi) is 4.30. The quantitative estimate of drug-likeness (QED) is 0.906. The molecule has 1 saturated carbocycles. The van der Waals surface area contributed by atoms with Crippen LogP contribution in [0.15, 0.2) is 0 Å². The molecule has 1 aromatic rings. The molecule has 1 amide bonds. The van der Waals surface area contributed by atoms with Crippen LogP contribution >= 0.6 is 11.3 Å². The van der Waals surface area contributed by atoms with E-state index in [1.165, 1.54) is 23.3 Å². The summed E-state index contributed by atoms with van der Waals surface area (Å²) in [6.07, 6.45) is 8.74. The minimum absolute atomic E-state index is 0.120. The average molecular weight is 302 g/mol. The lowest BCUT2D eigenvalue weighted by Crippen LogP contribution is -2.20. The van der Waals surface area contributed by atoms with Gasteiger partial charge < -0.3 is 5.32 Å². The van der Waals surface area contributed by atoms with E-state index in [0.29, 0.717) is 0 Å². The first kappa shape index (κ1) is 14.6. The van der Waals surface area contributed by atoms with E-state index in [4.69, 9.17) is 0 Å². The predicted molar refractivity (Wildman–Crippen MR) is 85.4 cm³/mol. The zero-order valence-corrected chi connectivity index (χ0v) is 13.4. The summed E-state index contributed by atoms with van der Waals surface area (Å²) in [6.45, 7) is 2.23. The number of nitrogens with one attached hydrogen (secondary N) is 1. The van der Waals surface area contributed by atoms with Crippen LogP contribution in [0, 0.1) is 23.2 Å². The molecule has 4 heteroatoms. The summed E-state index contributed by atoms with van der Waals surface area (Å²) >= 11 is 1.64. The maximum absolute atomic E-state index is 12.3. The third kappa shape index (κ3) is 2.85. The van der Waals surface area contributed by atoms with Crippen LogP contribution in [-0.4, -0.2) is 5.91 Å². The second-order valence-electron chi connectivity index (χ2n) is 6.31. The van der Waals surface area contributed by atoms with Gasteiger partial charge in [-0.1, -0.05) is 26.2 Å². The van der Waals surface area contributed by atoms with Crippen molar-refractivity contribution in [3.05, 3.63) is 16.0 Å². The number of nitrogens with zero attached hydrogens (tertiary/aromatic N) is 1. The van der Waals surface area contributed by atoms with E-state index in [1.54, 1.807) is 11.3 Å². The molecule has 0 aromatic carbocycles. The van der Waals surface area contributed by atoms with Gasteiger partial charge in [-0.05, 0) is 43.6 Å². The van der Waals surface area contributed by atoms with Crippen LogP contribution in [0.2, 0.25) is 0 Å². The standard InChI is InChI=1S/C17H22N2OS/c1-2-11-7-8-13-14(10-18)17(21-15(13)9-11)19-16(20)12-5-3-4-6-12/h11-12H,2-9H2,1H3,(H,19,20)/t11-/m0/s1. The Morgan fingerprint density at radius 3 is 2.81 bits per heavy atom. The molecule has 0 spiro atoms. The highest BCUT2D eigenvalue weighted by Gasteiger charge is 2.28. The SMILES string of the molecule is CC[C@H]1CCc2c(sc(NC(=O)C3CCCC3)c2C#N)C1. The molecule has 2 aliphatic rings. The molecule has 1 heterocycles. The van der Waals surface area contributed by atoms with Crippen LogP contribution in [0.4, 0.5) is 5.00 Å². The molecule has 3 rings (SSSR count). The van der Waals surface area contributed by atoms with Gasteiger partial charge in [-0.15, -0.1) is 11.3 Å². The molecule has 2 aliphatic carbocycles. The second kappa shape index (κ2) is 6.19. The van der Waals surface area contributed by atoms with E-state index in [1.807, 2.05) is 0 Å². The fourth-order valence-electron chi connectivity index (χ4n) is 3.61. The predicted octanol–water partition coefficient (Wildman–Crippen LogP) is 4.26. The maximum atomic E-state index is 12.3. The topological polar surface area (TPSA) is 52.9 Å². The van der Waals surface area contributed by atoms with Crippen molar-refractivity contribution in [2.24, 2.45) is 11.8 Å². The van der Waals surface area contributed by atoms with Gasteiger partial charge in [0.15, 0.2) is 0 Å². The van der Waals surface area contributed by atoms with E-state index in [2.05, 4.69) is 18.3 Å². The normalized spacial score (nSPS) is 21.8. The minimum Gasteiger partial charge on any atom is -0.316 e. The van der Waals surface area contributed by atoms with Crippen molar-refractivity contribution in [3.8, 4) is 6.07 Å². The van der Waals surface area contributed by atoms with Gasteiger partial charge in [0, 0.05) is 10.8 Å². The van der Waals surface area contributed by atoms with Gasteiger partial charge in [-0.2, -0.15) is 5.26 Å². The van der Waals surface area contributed by atoms with E-state index in [0.717, 1.165) is 55.0 Å². The Balaban J connectivity index is 1.81. The molecule has 1 atom stereocenters. The van der Waals surface area contributed by atoms with E-state index >= 15 is 0 Å². The Bertz CT molecular complexity index is 578. The second-order valence-corrected chi connectivity index (χ2v) is 7.41. The molecule has 21 heavy (non-hydrogen) atoms. The van der Waals surface area contributed by atoms with Crippen molar-refractivity contribution in [1.29, 1.82) is 5.26 Å². The molecule has 0 saturated heterocycles. The number of hydrogen-bond donors (Lipinski definition) is 1. The Morgan fingerprint density at radius 1 is 1.38 bits per heavy atom. The number of rotatable bonds is 3. The lowest BCUT2D eigenvalue weighted by molar-refractivity contribution is -0.119. The van der Waals surface area contributed by atoms with Crippen molar-refractivity contribution in [2.75, 3.05) is 5.32 Å². The first-order chi connectivity index (χ1) is 10.2. The lowest BCUT2D eigenvalue weighted by Gasteiger charge is -2.20. The third-order valence-corrected chi connectivity index (χ3v) is 6.19. The number of fused-ring (bicyclic) bond motifs is 1. The molecule has 0 bridgehead atoms. The number of anilines is 1.